The summed E-state index contributed by atoms with van der Waals surface area (Å²) >= 11 is 0. The second-order valence-electron chi connectivity index (χ2n) is 17.9. The van der Waals surface area contributed by atoms with Crippen LogP contribution in [0.4, 0.5) is 0 Å². The first-order valence-electron chi connectivity index (χ1n) is 26.6. The monoisotopic (exact) mass is 925 g/mol. The number of phosphoric acid groups is 1. The Balaban J connectivity index is 4.03. The second-order valence-corrected chi connectivity index (χ2v) is 19.3. The minimum atomic E-state index is -4.52. The number of rotatable bonds is 51. The molecule has 0 aromatic carbocycles. The molecule has 0 saturated carbocycles. The molecule has 0 heterocycles. The van der Waals surface area contributed by atoms with E-state index >= 15 is 0 Å². The van der Waals surface area contributed by atoms with E-state index in [0.717, 1.165) is 64.2 Å². The van der Waals surface area contributed by atoms with Crippen LogP contribution in [0.15, 0.2) is 48.6 Å². The zero-order valence-electron chi connectivity index (χ0n) is 41.5. The van der Waals surface area contributed by atoms with Gasteiger partial charge in [0.2, 0.25) is 0 Å². The number of carbonyl (C=O) groups is 1. The molecule has 0 aromatic rings. The Labute approximate surface area is 394 Å². The standard InChI is InChI=1S/C54H101O9P/c1-3-5-7-9-11-13-15-17-19-21-23-24-25-26-27-29-31-33-35-37-39-41-43-45-47-60-50-53(51-62-64(58,59)61-49-52(56)48-55)63-54(57)46-44-42-40-38-36-34-32-30-28-22-20-18-16-14-12-10-8-6-4-2/h5,7,11,13,17,19,23-24,52-53,55-56H,3-4,6,8-10,12,14-16,18,20-22,25-51H2,1-2H3,(H,58,59)/b7-5-,13-11-,19-17-,24-23-. The van der Waals surface area contributed by atoms with E-state index < -0.39 is 33.2 Å². The highest BCUT2D eigenvalue weighted by atomic mass is 31.2. The summed E-state index contributed by atoms with van der Waals surface area (Å²) in [6.45, 7) is 3.45. The molecule has 376 valence electrons. The Bertz CT molecular complexity index is 1140. The van der Waals surface area contributed by atoms with Crippen molar-refractivity contribution < 1.29 is 43.0 Å². The Morgan fingerprint density at radius 3 is 1.34 bits per heavy atom. The number of aliphatic hydroxyl groups excluding tert-OH is 2. The second kappa shape index (κ2) is 50.8. The fourth-order valence-corrected chi connectivity index (χ4v) is 8.32. The quantitative estimate of drug-likeness (QED) is 0.0236. The van der Waals surface area contributed by atoms with Gasteiger partial charge in [-0.3, -0.25) is 13.8 Å². The molecule has 10 heteroatoms. The lowest BCUT2D eigenvalue weighted by Crippen LogP contribution is -2.29. The maximum absolute atomic E-state index is 12.7. The summed E-state index contributed by atoms with van der Waals surface area (Å²) in [6.07, 6.45) is 59.4. The van der Waals surface area contributed by atoms with Crippen LogP contribution in [-0.2, 0) is 27.9 Å². The Kier molecular flexibility index (Phi) is 49.6. The van der Waals surface area contributed by atoms with Gasteiger partial charge in [0.25, 0.3) is 0 Å². The lowest BCUT2D eigenvalue weighted by molar-refractivity contribution is -0.154. The number of allylic oxidation sites excluding steroid dienone is 8. The van der Waals surface area contributed by atoms with Gasteiger partial charge in [0.1, 0.15) is 12.2 Å². The first-order valence-corrected chi connectivity index (χ1v) is 28.1. The van der Waals surface area contributed by atoms with E-state index in [1.807, 2.05) is 0 Å². The summed E-state index contributed by atoms with van der Waals surface area (Å²) in [5.74, 6) is -0.379. The molecular formula is C54H101O9P. The predicted molar refractivity (Wildman–Crippen MR) is 270 cm³/mol. The van der Waals surface area contributed by atoms with E-state index in [9.17, 15) is 19.4 Å². The van der Waals surface area contributed by atoms with Gasteiger partial charge in [0.05, 0.1) is 26.4 Å². The lowest BCUT2D eigenvalue weighted by Gasteiger charge is -2.20. The average molecular weight is 925 g/mol. The van der Waals surface area contributed by atoms with Gasteiger partial charge in [-0.2, -0.15) is 0 Å². The van der Waals surface area contributed by atoms with Crippen molar-refractivity contribution in [2.24, 2.45) is 0 Å². The van der Waals surface area contributed by atoms with E-state index in [0.29, 0.717) is 6.61 Å². The fourth-order valence-electron chi connectivity index (χ4n) is 7.53. The molecular weight excluding hydrogens is 824 g/mol. The van der Waals surface area contributed by atoms with E-state index in [-0.39, 0.29) is 25.6 Å². The number of ether oxygens (including phenoxy) is 2. The molecule has 0 aliphatic heterocycles. The number of hydrogen-bond acceptors (Lipinski definition) is 8. The minimum Gasteiger partial charge on any atom is -0.457 e. The van der Waals surface area contributed by atoms with Crippen LogP contribution in [0, 0.1) is 0 Å². The largest absolute Gasteiger partial charge is 0.472 e. The summed E-state index contributed by atoms with van der Waals surface area (Å²) in [5.41, 5.74) is 0. The number of esters is 1. The Morgan fingerprint density at radius 1 is 0.500 bits per heavy atom. The molecule has 3 atom stereocenters. The first kappa shape index (κ1) is 62.4. The Morgan fingerprint density at radius 2 is 0.891 bits per heavy atom. The van der Waals surface area contributed by atoms with Crippen molar-refractivity contribution in [3.8, 4) is 0 Å². The van der Waals surface area contributed by atoms with Crippen molar-refractivity contribution in [3.63, 3.8) is 0 Å². The van der Waals surface area contributed by atoms with Crippen LogP contribution >= 0.6 is 7.82 Å². The van der Waals surface area contributed by atoms with Gasteiger partial charge in [-0.1, -0.05) is 236 Å². The van der Waals surface area contributed by atoms with Crippen LogP contribution in [-0.4, -0.2) is 66.3 Å². The maximum atomic E-state index is 12.7. The summed E-state index contributed by atoms with van der Waals surface area (Å²) < 4.78 is 33.6. The maximum Gasteiger partial charge on any atom is 0.472 e. The number of hydrogen-bond donors (Lipinski definition) is 3. The summed E-state index contributed by atoms with van der Waals surface area (Å²) in [6, 6.07) is 0. The van der Waals surface area contributed by atoms with Crippen molar-refractivity contribution >= 4 is 13.8 Å². The summed E-state index contributed by atoms with van der Waals surface area (Å²) in [5, 5.41) is 18.4. The van der Waals surface area contributed by atoms with Crippen LogP contribution < -0.4 is 0 Å². The number of carbonyl (C=O) groups excluding carboxylic acids is 1. The molecule has 9 nitrogen and oxygen atoms in total. The average Bonchev–Trinajstić information content (AvgIpc) is 3.29. The van der Waals surface area contributed by atoms with Crippen LogP contribution in [0.1, 0.15) is 245 Å². The Hall–Kier alpha value is -1.58. The van der Waals surface area contributed by atoms with Crippen molar-refractivity contribution in [2.45, 2.75) is 257 Å². The number of unbranched alkanes of at least 4 members (excludes halogenated alkanes) is 29. The lowest BCUT2D eigenvalue weighted by atomic mass is 10.0. The van der Waals surface area contributed by atoms with E-state index in [4.69, 9.17) is 23.6 Å². The third kappa shape index (κ3) is 49.8. The van der Waals surface area contributed by atoms with Crippen LogP contribution in [0.3, 0.4) is 0 Å². The van der Waals surface area contributed by atoms with Crippen molar-refractivity contribution in [1.82, 2.24) is 0 Å². The molecule has 0 fully saturated rings. The highest BCUT2D eigenvalue weighted by Gasteiger charge is 2.26. The third-order valence-electron chi connectivity index (χ3n) is 11.5. The SMILES string of the molecule is CC/C=C\C/C=C\C/C=C\C/C=C\CCCCCCCCCCCCCOCC(COP(=O)(O)OCC(O)CO)OC(=O)CCCCCCCCCCCCCCCCCCCCC. The van der Waals surface area contributed by atoms with E-state index in [1.165, 1.54) is 161 Å². The molecule has 3 N–H and O–H groups in total. The molecule has 0 aromatic heterocycles. The van der Waals surface area contributed by atoms with Crippen molar-refractivity contribution in [2.75, 3.05) is 33.0 Å². The topological polar surface area (TPSA) is 132 Å². The molecule has 3 unspecified atom stereocenters. The van der Waals surface area contributed by atoms with Crippen LogP contribution in [0.25, 0.3) is 0 Å². The molecule has 64 heavy (non-hydrogen) atoms. The molecule has 0 rings (SSSR count). The highest BCUT2D eigenvalue weighted by molar-refractivity contribution is 7.47. The smallest absolute Gasteiger partial charge is 0.457 e. The van der Waals surface area contributed by atoms with Gasteiger partial charge in [0, 0.05) is 13.0 Å². The fraction of sp³-hybridized carbons (Fsp3) is 0.833. The summed E-state index contributed by atoms with van der Waals surface area (Å²) in [4.78, 5) is 22.7. The van der Waals surface area contributed by atoms with Gasteiger partial charge in [-0.15, -0.1) is 0 Å². The first-order chi connectivity index (χ1) is 31.3. The molecule has 0 aliphatic carbocycles. The molecule has 0 amide bonds. The van der Waals surface area contributed by atoms with Crippen LogP contribution in [0.5, 0.6) is 0 Å². The van der Waals surface area contributed by atoms with E-state index in [2.05, 4.69) is 62.5 Å². The molecule has 0 saturated heterocycles. The van der Waals surface area contributed by atoms with Gasteiger partial charge in [-0.05, 0) is 51.4 Å². The zero-order chi connectivity index (χ0) is 46.7. The zero-order valence-corrected chi connectivity index (χ0v) is 42.4. The molecule has 0 aliphatic rings. The van der Waals surface area contributed by atoms with Gasteiger partial charge in [-0.25, -0.2) is 4.57 Å². The minimum absolute atomic E-state index is 0.0492. The molecule has 0 spiro atoms. The number of phosphoric ester groups is 1. The van der Waals surface area contributed by atoms with Gasteiger partial charge >= 0.3 is 13.8 Å². The van der Waals surface area contributed by atoms with Gasteiger partial charge in [0.15, 0.2) is 0 Å². The highest BCUT2D eigenvalue weighted by Crippen LogP contribution is 2.43. The van der Waals surface area contributed by atoms with Crippen molar-refractivity contribution in [1.29, 1.82) is 0 Å². The van der Waals surface area contributed by atoms with Crippen molar-refractivity contribution in [3.05, 3.63) is 48.6 Å². The summed E-state index contributed by atoms with van der Waals surface area (Å²) in [7, 11) is -4.52. The molecule has 0 bridgehead atoms. The normalized spacial score (nSPS) is 14.1. The van der Waals surface area contributed by atoms with Crippen LogP contribution in [0.2, 0.25) is 0 Å². The van der Waals surface area contributed by atoms with Gasteiger partial charge < -0.3 is 24.6 Å². The molecule has 0 radical (unpaired) electrons. The van der Waals surface area contributed by atoms with E-state index in [1.54, 1.807) is 0 Å². The third-order valence-corrected chi connectivity index (χ3v) is 12.5. The predicted octanol–water partition coefficient (Wildman–Crippen LogP) is 15.7. The number of aliphatic hydroxyl groups is 2.